The Kier molecular flexibility index (Phi) is 4.02. The number of nitrogens with one attached hydrogen (secondary N) is 1. The van der Waals surface area contributed by atoms with Gasteiger partial charge in [0.1, 0.15) is 6.54 Å². The van der Waals surface area contributed by atoms with Gasteiger partial charge in [0.15, 0.2) is 5.58 Å². The van der Waals surface area contributed by atoms with Crippen molar-refractivity contribution in [3.63, 3.8) is 0 Å². The number of rotatable bonds is 4. The lowest BCUT2D eigenvalue weighted by Crippen LogP contribution is -2.24. The van der Waals surface area contributed by atoms with E-state index in [1.54, 1.807) is 24.3 Å². The van der Waals surface area contributed by atoms with Gasteiger partial charge in [-0.25, -0.2) is 4.79 Å². The fraction of sp³-hybridized carbons (Fsp3) is 0.222. The molecule has 0 fully saturated rings. The van der Waals surface area contributed by atoms with Crippen molar-refractivity contribution >= 4 is 22.7 Å². The first-order valence-corrected chi connectivity index (χ1v) is 7.53. The molecule has 118 valence electrons. The highest BCUT2D eigenvalue weighted by molar-refractivity contribution is 5.91. The molecule has 0 unspecified atom stereocenters. The second-order valence-electron chi connectivity index (χ2n) is 5.75. The fourth-order valence-corrected chi connectivity index (χ4v) is 2.48. The lowest BCUT2D eigenvalue weighted by Gasteiger charge is -2.09. The molecular formula is C18H18N2O3. The van der Waals surface area contributed by atoms with Crippen LogP contribution in [-0.4, -0.2) is 10.5 Å². The number of hydrogen-bond acceptors (Lipinski definition) is 3. The molecule has 5 nitrogen and oxygen atoms in total. The molecular weight excluding hydrogens is 292 g/mol. The number of benzene rings is 2. The summed E-state index contributed by atoms with van der Waals surface area (Å²) in [5.41, 5.74) is 2.96. The normalized spacial score (nSPS) is 11.1. The van der Waals surface area contributed by atoms with Gasteiger partial charge < -0.3 is 9.73 Å². The first kappa shape index (κ1) is 15.1. The number of carbonyl (C=O) groups excluding carboxylic acids is 1. The number of nitrogens with zero attached hydrogens (tertiary/aromatic N) is 1. The zero-order valence-corrected chi connectivity index (χ0v) is 13.1. The molecule has 1 amide bonds. The van der Waals surface area contributed by atoms with Crippen molar-refractivity contribution in [3.8, 4) is 0 Å². The topological polar surface area (TPSA) is 64.2 Å². The van der Waals surface area contributed by atoms with Crippen LogP contribution in [-0.2, 0) is 11.3 Å². The monoisotopic (exact) mass is 310 g/mol. The number of para-hydroxylation sites is 2. The summed E-state index contributed by atoms with van der Waals surface area (Å²) in [6.45, 7) is 4.11. The van der Waals surface area contributed by atoms with Gasteiger partial charge in [0.2, 0.25) is 5.91 Å². The first-order valence-electron chi connectivity index (χ1n) is 7.53. The second-order valence-corrected chi connectivity index (χ2v) is 5.75. The Hall–Kier alpha value is -2.82. The summed E-state index contributed by atoms with van der Waals surface area (Å²) in [5, 5.41) is 2.83. The van der Waals surface area contributed by atoms with E-state index in [9.17, 15) is 9.59 Å². The maximum Gasteiger partial charge on any atom is 0.420 e. The Labute approximate surface area is 133 Å². The van der Waals surface area contributed by atoms with Gasteiger partial charge in [-0.3, -0.25) is 9.36 Å². The number of amides is 1. The molecule has 0 aliphatic heterocycles. The Morgan fingerprint density at radius 3 is 2.74 bits per heavy atom. The van der Waals surface area contributed by atoms with Gasteiger partial charge in [-0.2, -0.15) is 0 Å². The SMILES string of the molecule is CC(C)c1cccc(NC(=O)Cn2c(=O)oc3ccccc32)c1. The number of carbonyl (C=O) groups is 1. The molecule has 1 N–H and O–H groups in total. The quantitative estimate of drug-likeness (QED) is 0.803. The van der Waals surface area contributed by atoms with Gasteiger partial charge in [-0.15, -0.1) is 0 Å². The first-order chi connectivity index (χ1) is 11.0. The van der Waals surface area contributed by atoms with E-state index in [2.05, 4.69) is 19.2 Å². The summed E-state index contributed by atoms with van der Waals surface area (Å²) < 4.78 is 6.46. The highest BCUT2D eigenvalue weighted by Crippen LogP contribution is 2.18. The average Bonchev–Trinajstić information content (AvgIpc) is 2.83. The standard InChI is InChI=1S/C18H18N2O3/c1-12(2)13-6-5-7-14(10-13)19-17(21)11-20-15-8-3-4-9-16(15)23-18(20)22/h3-10,12H,11H2,1-2H3,(H,19,21). The molecule has 0 saturated heterocycles. The van der Waals surface area contributed by atoms with Crippen LogP contribution >= 0.6 is 0 Å². The van der Waals surface area contributed by atoms with Crippen LogP contribution in [0.3, 0.4) is 0 Å². The average molecular weight is 310 g/mol. The highest BCUT2D eigenvalue weighted by Gasteiger charge is 2.12. The van der Waals surface area contributed by atoms with Gasteiger partial charge >= 0.3 is 5.76 Å². The number of aromatic nitrogens is 1. The number of fused-ring (bicyclic) bond motifs is 1. The molecule has 5 heteroatoms. The van der Waals surface area contributed by atoms with E-state index in [0.29, 0.717) is 17.0 Å². The Morgan fingerprint density at radius 2 is 1.96 bits per heavy atom. The molecule has 3 rings (SSSR count). The van der Waals surface area contributed by atoms with Gasteiger partial charge in [-0.1, -0.05) is 38.1 Å². The minimum Gasteiger partial charge on any atom is -0.408 e. The van der Waals surface area contributed by atoms with Crippen molar-refractivity contribution in [2.24, 2.45) is 0 Å². The van der Waals surface area contributed by atoms with Crippen LogP contribution in [0.15, 0.2) is 57.7 Å². The highest BCUT2D eigenvalue weighted by atomic mass is 16.4. The van der Waals surface area contributed by atoms with E-state index in [1.165, 1.54) is 4.57 Å². The molecule has 0 aliphatic carbocycles. The smallest absolute Gasteiger partial charge is 0.408 e. The van der Waals surface area contributed by atoms with Gasteiger partial charge in [-0.05, 0) is 35.7 Å². The Bertz CT molecular complexity index is 906. The minimum atomic E-state index is -0.530. The zero-order chi connectivity index (χ0) is 16.4. The summed E-state index contributed by atoms with van der Waals surface area (Å²) >= 11 is 0. The Morgan fingerprint density at radius 1 is 1.17 bits per heavy atom. The number of oxazole rings is 1. The lowest BCUT2D eigenvalue weighted by atomic mass is 10.0. The van der Waals surface area contributed by atoms with Crippen molar-refractivity contribution in [1.82, 2.24) is 4.57 Å². The largest absolute Gasteiger partial charge is 0.420 e. The molecule has 1 heterocycles. The third-order valence-corrected chi connectivity index (χ3v) is 3.71. The molecule has 0 bridgehead atoms. The molecule has 0 atom stereocenters. The predicted molar refractivity (Wildman–Crippen MR) is 89.6 cm³/mol. The van der Waals surface area contributed by atoms with E-state index >= 15 is 0 Å². The maximum atomic E-state index is 12.2. The zero-order valence-electron chi connectivity index (χ0n) is 13.1. The summed E-state index contributed by atoms with van der Waals surface area (Å²) in [6.07, 6.45) is 0. The van der Waals surface area contributed by atoms with Crippen molar-refractivity contribution < 1.29 is 9.21 Å². The third-order valence-electron chi connectivity index (χ3n) is 3.71. The molecule has 3 aromatic rings. The van der Waals surface area contributed by atoms with Gasteiger partial charge in [0.05, 0.1) is 5.52 Å². The lowest BCUT2D eigenvalue weighted by molar-refractivity contribution is -0.116. The molecule has 0 radical (unpaired) electrons. The fourth-order valence-electron chi connectivity index (χ4n) is 2.48. The summed E-state index contributed by atoms with van der Waals surface area (Å²) in [5.74, 6) is -0.413. The van der Waals surface area contributed by atoms with E-state index in [-0.39, 0.29) is 12.5 Å². The number of hydrogen-bond donors (Lipinski definition) is 1. The van der Waals surface area contributed by atoms with E-state index in [1.807, 2.05) is 24.3 Å². The second kappa shape index (κ2) is 6.12. The van der Waals surface area contributed by atoms with Crippen LogP contribution in [0.2, 0.25) is 0 Å². The predicted octanol–water partition coefficient (Wildman–Crippen LogP) is 3.36. The molecule has 2 aromatic carbocycles. The van der Waals surface area contributed by atoms with Crippen molar-refractivity contribution in [2.75, 3.05) is 5.32 Å². The van der Waals surface area contributed by atoms with Crippen molar-refractivity contribution in [2.45, 2.75) is 26.3 Å². The third kappa shape index (κ3) is 3.18. The van der Waals surface area contributed by atoms with Crippen LogP contribution in [0.4, 0.5) is 5.69 Å². The molecule has 0 saturated carbocycles. The molecule has 0 spiro atoms. The van der Waals surface area contributed by atoms with E-state index in [4.69, 9.17) is 4.42 Å². The summed E-state index contributed by atoms with van der Waals surface area (Å²) in [6, 6.07) is 14.8. The van der Waals surface area contributed by atoms with Crippen LogP contribution < -0.4 is 11.1 Å². The molecule has 23 heavy (non-hydrogen) atoms. The van der Waals surface area contributed by atoms with Crippen LogP contribution in [0.1, 0.15) is 25.3 Å². The van der Waals surface area contributed by atoms with Crippen LogP contribution in [0.25, 0.3) is 11.1 Å². The van der Waals surface area contributed by atoms with Crippen molar-refractivity contribution in [3.05, 3.63) is 64.6 Å². The van der Waals surface area contributed by atoms with Gasteiger partial charge in [0, 0.05) is 5.69 Å². The van der Waals surface area contributed by atoms with Crippen LogP contribution in [0, 0.1) is 0 Å². The van der Waals surface area contributed by atoms with Crippen molar-refractivity contribution in [1.29, 1.82) is 0 Å². The minimum absolute atomic E-state index is 0.0816. The number of anilines is 1. The maximum absolute atomic E-state index is 12.2. The summed E-state index contributed by atoms with van der Waals surface area (Å²) in [7, 11) is 0. The van der Waals surface area contributed by atoms with E-state index < -0.39 is 5.76 Å². The van der Waals surface area contributed by atoms with Crippen LogP contribution in [0.5, 0.6) is 0 Å². The van der Waals surface area contributed by atoms with E-state index in [0.717, 1.165) is 11.3 Å². The molecule has 1 aromatic heterocycles. The molecule has 0 aliphatic rings. The summed E-state index contributed by atoms with van der Waals surface area (Å²) in [4.78, 5) is 24.1. The Balaban J connectivity index is 1.80. The van der Waals surface area contributed by atoms with Gasteiger partial charge in [0.25, 0.3) is 0 Å².